The SMILES string of the molecule is Cc1ccccc1SCC(=O)NC[C@H](c1ccco1)[NH+]1CCCC1. The third-order valence-corrected chi connectivity index (χ3v) is 5.76. The third kappa shape index (κ3) is 4.42. The van der Waals surface area contributed by atoms with Gasteiger partial charge >= 0.3 is 0 Å². The fourth-order valence-electron chi connectivity index (χ4n) is 3.24. The van der Waals surface area contributed by atoms with Crippen molar-refractivity contribution in [1.82, 2.24) is 5.32 Å². The topological polar surface area (TPSA) is 46.7 Å². The van der Waals surface area contributed by atoms with Gasteiger partial charge in [-0.05, 0) is 30.7 Å². The highest BCUT2D eigenvalue weighted by Gasteiger charge is 2.29. The molecule has 1 atom stereocenters. The second-order valence-corrected chi connectivity index (χ2v) is 7.31. The molecule has 1 aliphatic heterocycles. The van der Waals surface area contributed by atoms with E-state index in [1.807, 2.05) is 24.3 Å². The zero-order valence-electron chi connectivity index (χ0n) is 14.1. The van der Waals surface area contributed by atoms with Gasteiger partial charge in [0.05, 0.1) is 31.7 Å². The largest absolute Gasteiger partial charge is 0.463 e. The fourth-order valence-corrected chi connectivity index (χ4v) is 4.10. The second-order valence-electron chi connectivity index (χ2n) is 6.29. The van der Waals surface area contributed by atoms with E-state index in [-0.39, 0.29) is 11.9 Å². The number of nitrogens with one attached hydrogen (secondary N) is 2. The Labute approximate surface area is 147 Å². The van der Waals surface area contributed by atoms with Crippen molar-refractivity contribution in [2.24, 2.45) is 0 Å². The van der Waals surface area contributed by atoms with E-state index in [0.717, 1.165) is 18.8 Å². The van der Waals surface area contributed by atoms with E-state index < -0.39 is 0 Å². The third-order valence-electron chi connectivity index (χ3n) is 4.58. The Hall–Kier alpha value is -1.72. The fraction of sp³-hybridized carbons (Fsp3) is 0.421. The first kappa shape index (κ1) is 17.1. The minimum atomic E-state index is 0.0819. The van der Waals surface area contributed by atoms with Gasteiger partial charge in [-0.25, -0.2) is 0 Å². The number of hydrogen-bond donors (Lipinski definition) is 2. The monoisotopic (exact) mass is 345 g/mol. The molecular formula is C19H25N2O2S+. The zero-order chi connectivity index (χ0) is 16.8. The molecule has 2 N–H and O–H groups in total. The van der Waals surface area contributed by atoms with Crippen molar-refractivity contribution >= 4 is 17.7 Å². The lowest BCUT2D eigenvalue weighted by atomic mass is 10.2. The number of carbonyl (C=O) groups excluding carboxylic acids is 1. The van der Waals surface area contributed by atoms with Gasteiger partial charge in [0.2, 0.25) is 5.91 Å². The summed E-state index contributed by atoms with van der Waals surface area (Å²) in [6.45, 7) is 5.01. The van der Waals surface area contributed by atoms with Crippen LogP contribution in [0.3, 0.4) is 0 Å². The molecule has 0 saturated carbocycles. The molecule has 128 valence electrons. The van der Waals surface area contributed by atoms with Gasteiger partial charge in [0.25, 0.3) is 0 Å². The molecule has 4 nitrogen and oxygen atoms in total. The summed E-state index contributed by atoms with van der Waals surface area (Å²) in [6, 6.07) is 12.3. The molecule has 1 saturated heterocycles. The van der Waals surface area contributed by atoms with Gasteiger partial charge in [-0.1, -0.05) is 18.2 Å². The highest BCUT2D eigenvalue weighted by Crippen LogP contribution is 2.21. The van der Waals surface area contributed by atoms with Crippen LogP contribution in [0.2, 0.25) is 0 Å². The summed E-state index contributed by atoms with van der Waals surface area (Å²) in [5, 5.41) is 3.10. The molecule has 1 aromatic carbocycles. The second kappa shape index (κ2) is 8.40. The van der Waals surface area contributed by atoms with Crippen LogP contribution in [0.5, 0.6) is 0 Å². The lowest BCUT2D eigenvalue weighted by Gasteiger charge is -2.23. The van der Waals surface area contributed by atoms with Crippen molar-refractivity contribution in [3.05, 3.63) is 54.0 Å². The number of rotatable bonds is 7. The first-order chi connectivity index (χ1) is 11.7. The summed E-state index contributed by atoms with van der Waals surface area (Å²) in [5.41, 5.74) is 1.21. The first-order valence-corrected chi connectivity index (χ1v) is 9.55. The average molecular weight is 345 g/mol. The Balaban J connectivity index is 1.52. The molecule has 0 radical (unpaired) electrons. The number of aryl methyl sites for hydroxylation is 1. The number of carbonyl (C=O) groups is 1. The number of benzene rings is 1. The number of thioether (sulfide) groups is 1. The lowest BCUT2D eigenvalue weighted by molar-refractivity contribution is -0.919. The van der Waals surface area contributed by atoms with Crippen molar-refractivity contribution < 1.29 is 14.1 Å². The van der Waals surface area contributed by atoms with E-state index in [4.69, 9.17) is 4.42 Å². The normalized spacial score (nSPS) is 16.2. The van der Waals surface area contributed by atoms with Crippen molar-refractivity contribution in [3.63, 3.8) is 0 Å². The van der Waals surface area contributed by atoms with E-state index >= 15 is 0 Å². The summed E-state index contributed by atoms with van der Waals surface area (Å²) < 4.78 is 5.61. The number of hydrogen-bond acceptors (Lipinski definition) is 3. The van der Waals surface area contributed by atoms with Crippen molar-refractivity contribution in [2.75, 3.05) is 25.4 Å². The minimum absolute atomic E-state index is 0.0819. The van der Waals surface area contributed by atoms with Crippen LogP contribution in [-0.4, -0.2) is 31.3 Å². The van der Waals surface area contributed by atoms with E-state index in [0.29, 0.717) is 12.3 Å². The highest BCUT2D eigenvalue weighted by atomic mass is 32.2. The molecule has 2 heterocycles. The maximum Gasteiger partial charge on any atom is 0.230 e. The predicted octanol–water partition coefficient (Wildman–Crippen LogP) is 2.22. The van der Waals surface area contributed by atoms with Crippen molar-refractivity contribution in [2.45, 2.75) is 30.7 Å². The Morgan fingerprint density at radius 3 is 2.75 bits per heavy atom. The molecule has 1 fully saturated rings. The Kier molecular flexibility index (Phi) is 5.99. The van der Waals surface area contributed by atoms with Gasteiger partial charge in [-0.15, -0.1) is 11.8 Å². The molecule has 2 aromatic rings. The van der Waals surface area contributed by atoms with Crippen LogP contribution in [0.15, 0.2) is 52.0 Å². The van der Waals surface area contributed by atoms with Gasteiger partial charge < -0.3 is 14.6 Å². The van der Waals surface area contributed by atoms with Crippen LogP contribution in [0.1, 0.15) is 30.2 Å². The van der Waals surface area contributed by atoms with Crippen molar-refractivity contribution in [1.29, 1.82) is 0 Å². The summed E-state index contributed by atoms with van der Waals surface area (Å²) in [4.78, 5) is 14.9. The number of quaternary nitrogens is 1. The van der Waals surface area contributed by atoms with E-state index in [1.54, 1.807) is 18.0 Å². The molecule has 3 rings (SSSR count). The molecule has 1 aliphatic rings. The Morgan fingerprint density at radius 1 is 1.25 bits per heavy atom. The quantitative estimate of drug-likeness (QED) is 0.757. The van der Waals surface area contributed by atoms with Crippen LogP contribution in [0.25, 0.3) is 0 Å². The Morgan fingerprint density at radius 2 is 2.04 bits per heavy atom. The highest BCUT2D eigenvalue weighted by molar-refractivity contribution is 8.00. The summed E-state index contributed by atoms with van der Waals surface area (Å²) in [7, 11) is 0. The van der Waals surface area contributed by atoms with Gasteiger partial charge in [0.1, 0.15) is 0 Å². The van der Waals surface area contributed by atoms with Gasteiger partial charge in [0, 0.05) is 17.7 Å². The molecule has 24 heavy (non-hydrogen) atoms. The lowest BCUT2D eigenvalue weighted by Crippen LogP contribution is -3.11. The zero-order valence-corrected chi connectivity index (χ0v) is 14.9. The molecule has 0 bridgehead atoms. The molecule has 1 amide bonds. The smallest absolute Gasteiger partial charge is 0.230 e. The number of furan rings is 1. The molecule has 5 heteroatoms. The molecule has 1 aromatic heterocycles. The van der Waals surface area contributed by atoms with Crippen LogP contribution in [0, 0.1) is 6.92 Å². The van der Waals surface area contributed by atoms with Crippen LogP contribution >= 0.6 is 11.8 Å². The number of likely N-dealkylation sites (tertiary alicyclic amines) is 1. The maximum absolute atomic E-state index is 12.2. The molecule has 0 spiro atoms. The standard InChI is InChI=1S/C19H24N2O2S/c1-15-7-2-3-9-18(15)24-14-19(22)20-13-16(17-8-6-12-23-17)21-10-4-5-11-21/h2-3,6-9,12,16H,4-5,10-11,13-14H2,1H3,(H,20,22)/p+1/t16-/m1/s1. The molecule has 0 aliphatic carbocycles. The maximum atomic E-state index is 12.2. The van der Waals surface area contributed by atoms with E-state index in [2.05, 4.69) is 24.4 Å². The van der Waals surface area contributed by atoms with E-state index in [1.165, 1.54) is 28.2 Å². The van der Waals surface area contributed by atoms with Crippen LogP contribution in [-0.2, 0) is 4.79 Å². The van der Waals surface area contributed by atoms with E-state index in [9.17, 15) is 4.79 Å². The van der Waals surface area contributed by atoms with Crippen LogP contribution < -0.4 is 10.2 Å². The first-order valence-electron chi connectivity index (χ1n) is 8.57. The molecule has 0 unspecified atom stereocenters. The van der Waals surface area contributed by atoms with Gasteiger partial charge in [-0.2, -0.15) is 0 Å². The summed E-state index contributed by atoms with van der Waals surface area (Å²) in [5.74, 6) is 1.50. The van der Waals surface area contributed by atoms with Crippen LogP contribution in [0.4, 0.5) is 0 Å². The van der Waals surface area contributed by atoms with Gasteiger partial charge in [-0.3, -0.25) is 4.79 Å². The predicted molar refractivity (Wildman–Crippen MR) is 96.3 cm³/mol. The van der Waals surface area contributed by atoms with Crippen molar-refractivity contribution in [3.8, 4) is 0 Å². The van der Waals surface area contributed by atoms with Gasteiger partial charge in [0.15, 0.2) is 11.8 Å². The Bertz CT molecular complexity index is 651. The average Bonchev–Trinajstić information content (AvgIpc) is 3.28. The minimum Gasteiger partial charge on any atom is -0.463 e. The summed E-state index contributed by atoms with van der Waals surface area (Å²) >= 11 is 1.59. The summed E-state index contributed by atoms with van der Waals surface area (Å²) in [6.07, 6.45) is 4.22. The number of amides is 1. The molecular weight excluding hydrogens is 320 g/mol.